The summed E-state index contributed by atoms with van der Waals surface area (Å²) < 4.78 is 41.1. The number of rotatable bonds is 4. The molecule has 2 aromatic carbocycles. The Morgan fingerprint density at radius 1 is 1.05 bits per heavy atom. The van der Waals surface area contributed by atoms with Crippen LogP contribution in [0.1, 0.15) is 29.7 Å². The quantitative estimate of drug-likeness (QED) is 0.888. The third-order valence-corrected chi connectivity index (χ3v) is 3.24. The maximum absolute atomic E-state index is 14.0. The summed E-state index contributed by atoms with van der Waals surface area (Å²) >= 11 is 0. The number of benzene rings is 2. The second-order valence-corrected chi connectivity index (χ2v) is 4.63. The van der Waals surface area contributed by atoms with E-state index in [0.717, 1.165) is 0 Å². The van der Waals surface area contributed by atoms with Crippen LogP contribution in [0.4, 0.5) is 13.2 Å². The van der Waals surface area contributed by atoms with Crippen molar-refractivity contribution < 1.29 is 13.2 Å². The molecule has 0 amide bonds. The Morgan fingerprint density at radius 3 is 2.25 bits per heavy atom. The van der Waals surface area contributed by atoms with Crippen molar-refractivity contribution in [3.63, 3.8) is 0 Å². The summed E-state index contributed by atoms with van der Waals surface area (Å²) in [5.74, 6) is -1.59. The summed E-state index contributed by atoms with van der Waals surface area (Å²) in [6.45, 7) is 4.11. The molecule has 0 aromatic heterocycles. The smallest absolute Gasteiger partial charge is 0.131 e. The first-order chi connectivity index (χ1) is 9.54. The second-order valence-electron chi connectivity index (χ2n) is 4.63. The lowest BCUT2D eigenvalue weighted by atomic mass is 9.94. The highest BCUT2D eigenvalue weighted by atomic mass is 19.1. The first kappa shape index (κ1) is 14.6. The molecule has 0 bridgehead atoms. The van der Waals surface area contributed by atoms with Crippen molar-refractivity contribution in [2.75, 3.05) is 6.54 Å². The topological polar surface area (TPSA) is 12.0 Å². The van der Waals surface area contributed by atoms with E-state index in [4.69, 9.17) is 0 Å². The molecule has 1 N–H and O–H groups in total. The Hall–Kier alpha value is -1.81. The van der Waals surface area contributed by atoms with Crippen LogP contribution in [0.5, 0.6) is 0 Å². The third-order valence-electron chi connectivity index (χ3n) is 3.24. The summed E-state index contributed by atoms with van der Waals surface area (Å²) in [4.78, 5) is 0. The summed E-state index contributed by atoms with van der Waals surface area (Å²) in [5, 5.41) is 3.05. The van der Waals surface area contributed by atoms with Gasteiger partial charge in [0.05, 0.1) is 6.04 Å². The molecule has 0 saturated heterocycles. The summed E-state index contributed by atoms with van der Waals surface area (Å²) in [7, 11) is 0. The highest BCUT2D eigenvalue weighted by Crippen LogP contribution is 2.29. The molecule has 0 heterocycles. The van der Waals surface area contributed by atoms with Gasteiger partial charge >= 0.3 is 0 Å². The van der Waals surface area contributed by atoms with Crippen LogP contribution in [0.25, 0.3) is 0 Å². The van der Waals surface area contributed by atoms with Crippen LogP contribution in [0.3, 0.4) is 0 Å². The van der Waals surface area contributed by atoms with E-state index in [1.165, 1.54) is 30.3 Å². The SMILES string of the molecule is CCNC(c1ccc(F)cc1C)c1c(F)cccc1F. The van der Waals surface area contributed by atoms with Gasteiger partial charge in [-0.1, -0.05) is 19.1 Å². The summed E-state index contributed by atoms with van der Waals surface area (Å²) in [6.07, 6.45) is 0. The van der Waals surface area contributed by atoms with Crippen LogP contribution in [0.2, 0.25) is 0 Å². The fourth-order valence-electron chi connectivity index (χ4n) is 2.32. The minimum absolute atomic E-state index is 0.0379. The van der Waals surface area contributed by atoms with Gasteiger partial charge in [0.2, 0.25) is 0 Å². The predicted octanol–water partition coefficient (Wildman–Crippen LogP) is 4.11. The zero-order chi connectivity index (χ0) is 14.7. The molecule has 2 rings (SSSR count). The molecule has 0 aliphatic heterocycles. The van der Waals surface area contributed by atoms with Crippen LogP contribution in [-0.4, -0.2) is 6.54 Å². The normalized spacial score (nSPS) is 12.4. The van der Waals surface area contributed by atoms with E-state index in [9.17, 15) is 13.2 Å². The molecule has 0 spiro atoms. The van der Waals surface area contributed by atoms with Gasteiger partial charge in [-0.05, 0) is 48.9 Å². The van der Waals surface area contributed by atoms with Crippen molar-refractivity contribution in [3.8, 4) is 0 Å². The second kappa shape index (κ2) is 6.09. The average molecular weight is 279 g/mol. The number of hydrogen-bond donors (Lipinski definition) is 1. The molecule has 106 valence electrons. The van der Waals surface area contributed by atoms with Crippen molar-refractivity contribution >= 4 is 0 Å². The van der Waals surface area contributed by atoms with Crippen molar-refractivity contribution in [1.82, 2.24) is 5.32 Å². The minimum atomic E-state index is -0.637. The molecular formula is C16H16F3N. The fourth-order valence-corrected chi connectivity index (χ4v) is 2.32. The summed E-state index contributed by atoms with van der Waals surface area (Å²) in [6, 6.07) is 7.35. The molecule has 0 radical (unpaired) electrons. The first-order valence-electron chi connectivity index (χ1n) is 6.48. The maximum Gasteiger partial charge on any atom is 0.131 e. The van der Waals surface area contributed by atoms with Crippen LogP contribution in [-0.2, 0) is 0 Å². The van der Waals surface area contributed by atoms with Gasteiger partial charge in [-0.3, -0.25) is 0 Å². The first-order valence-corrected chi connectivity index (χ1v) is 6.48. The Bertz CT molecular complexity index is 590. The molecule has 4 heteroatoms. The standard InChI is InChI=1S/C16H16F3N/c1-3-20-16(12-8-7-11(17)9-10(12)2)15-13(18)5-4-6-14(15)19/h4-9,16,20H,3H2,1-2H3. The van der Waals surface area contributed by atoms with Crippen molar-refractivity contribution in [2.45, 2.75) is 19.9 Å². The van der Waals surface area contributed by atoms with Gasteiger partial charge in [0.25, 0.3) is 0 Å². The molecule has 0 fully saturated rings. The lowest BCUT2D eigenvalue weighted by Gasteiger charge is -2.22. The molecule has 0 aliphatic rings. The number of hydrogen-bond acceptors (Lipinski definition) is 1. The van der Waals surface area contributed by atoms with Gasteiger partial charge in [-0.25, -0.2) is 13.2 Å². The van der Waals surface area contributed by atoms with E-state index in [2.05, 4.69) is 5.32 Å². The molecule has 0 aliphatic carbocycles. The predicted molar refractivity (Wildman–Crippen MR) is 73.0 cm³/mol. The van der Waals surface area contributed by atoms with E-state index in [-0.39, 0.29) is 11.4 Å². The highest BCUT2D eigenvalue weighted by Gasteiger charge is 2.22. The van der Waals surface area contributed by atoms with Crippen LogP contribution in [0.15, 0.2) is 36.4 Å². The Kier molecular flexibility index (Phi) is 4.45. The summed E-state index contributed by atoms with van der Waals surface area (Å²) in [5.41, 5.74) is 1.28. The Labute approximate surface area is 116 Å². The van der Waals surface area contributed by atoms with Crippen LogP contribution >= 0.6 is 0 Å². The van der Waals surface area contributed by atoms with Crippen LogP contribution < -0.4 is 5.32 Å². The third kappa shape index (κ3) is 2.85. The maximum atomic E-state index is 14.0. The van der Waals surface area contributed by atoms with Gasteiger partial charge in [-0.15, -0.1) is 0 Å². The van der Waals surface area contributed by atoms with E-state index in [0.29, 0.717) is 17.7 Å². The lowest BCUT2D eigenvalue weighted by Crippen LogP contribution is -2.25. The number of nitrogens with one attached hydrogen (secondary N) is 1. The molecule has 1 unspecified atom stereocenters. The number of halogens is 3. The lowest BCUT2D eigenvalue weighted by molar-refractivity contribution is 0.509. The van der Waals surface area contributed by atoms with Gasteiger partial charge in [0, 0.05) is 5.56 Å². The molecule has 0 saturated carbocycles. The molecular weight excluding hydrogens is 263 g/mol. The number of aryl methyl sites for hydroxylation is 1. The van der Waals surface area contributed by atoms with Gasteiger partial charge in [0.15, 0.2) is 0 Å². The van der Waals surface area contributed by atoms with Gasteiger partial charge in [0.1, 0.15) is 17.5 Å². The van der Waals surface area contributed by atoms with E-state index in [1.54, 1.807) is 13.0 Å². The largest absolute Gasteiger partial charge is 0.306 e. The van der Waals surface area contributed by atoms with Crippen molar-refractivity contribution in [1.29, 1.82) is 0 Å². The molecule has 1 atom stereocenters. The van der Waals surface area contributed by atoms with Crippen molar-refractivity contribution in [3.05, 3.63) is 70.5 Å². The van der Waals surface area contributed by atoms with Crippen LogP contribution in [0, 0.1) is 24.4 Å². The van der Waals surface area contributed by atoms with Crippen molar-refractivity contribution in [2.24, 2.45) is 0 Å². The Morgan fingerprint density at radius 2 is 1.70 bits per heavy atom. The Balaban J connectivity index is 2.56. The minimum Gasteiger partial charge on any atom is -0.306 e. The zero-order valence-electron chi connectivity index (χ0n) is 11.4. The fraction of sp³-hybridized carbons (Fsp3) is 0.250. The molecule has 1 nitrogen and oxygen atoms in total. The van der Waals surface area contributed by atoms with E-state index >= 15 is 0 Å². The van der Waals surface area contributed by atoms with Gasteiger partial charge in [-0.2, -0.15) is 0 Å². The highest BCUT2D eigenvalue weighted by molar-refractivity contribution is 5.38. The van der Waals surface area contributed by atoms with E-state index < -0.39 is 17.7 Å². The monoisotopic (exact) mass is 279 g/mol. The molecule has 20 heavy (non-hydrogen) atoms. The zero-order valence-corrected chi connectivity index (χ0v) is 11.4. The van der Waals surface area contributed by atoms with E-state index in [1.807, 2.05) is 6.92 Å². The van der Waals surface area contributed by atoms with Gasteiger partial charge < -0.3 is 5.32 Å². The average Bonchev–Trinajstić information content (AvgIpc) is 2.38. The molecule has 2 aromatic rings.